The average molecular weight is 268 g/mol. The van der Waals surface area contributed by atoms with E-state index in [0.29, 0.717) is 10.6 Å². The summed E-state index contributed by atoms with van der Waals surface area (Å²) in [4.78, 5) is 0. The minimum Gasteiger partial charge on any atom is -0.318 e. The molecular formula is C14H12ClF2N. The standard InChI is InChI=1S/C14H12ClF2N/c1-14(18,9-3-2-4-11(16)7-9)12-6-5-10(15)8-13(12)17/h2-8H,18H2,1H3. The Balaban J connectivity index is 2.53. The van der Waals surface area contributed by atoms with E-state index in [4.69, 9.17) is 17.3 Å². The number of benzene rings is 2. The molecule has 94 valence electrons. The van der Waals surface area contributed by atoms with Crippen molar-refractivity contribution in [3.63, 3.8) is 0 Å². The fourth-order valence-electron chi connectivity index (χ4n) is 1.88. The molecule has 0 amide bonds. The molecule has 0 spiro atoms. The minimum absolute atomic E-state index is 0.275. The Kier molecular flexibility index (Phi) is 3.37. The van der Waals surface area contributed by atoms with Crippen LogP contribution in [-0.2, 0) is 5.54 Å². The van der Waals surface area contributed by atoms with E-state index < -0.39 is 17.2 Å². The highest BCUT2D eigenvalue weighted by Gasteiger charge is 2.27. The van der Waals surface area contributed by atoms with Crippen molar-refractivity contribution in [2.45, 2.75) is 12.5 Å². The third-order valence-corrected chi connectivity index (χ3v) is 3.15. The van der Waals surface area contributed by atoms with E-state index in [2.05, 4.69) is 0 Å². The van der Waals surface area contributed by atoms with Crippen LogP contribution in [0.25, 0.3) is 0 Å². The first-order valence-corrected chi connectivity index (χ1v) is 5.79. The summed E-state index contributed by atoms with van der Waals surface area (Å²) in [5.74, 6) is -0.907. The van der Waals surface area contributed by atoms with E-state index >= 15 is 0 Å². The molecule has 18 heavy (non-hydrogen) atoms. The highest BCUT2D eigenvalue weighted by molar-refractivity contribution is 6.30. The molecule has 0 radical (unpaired) electrons. The van der Waals surface area contributed by atoms with Gasteiger partial charge in [-0.3, -0.25) is 0 Å². The Morgan fingerprint density at radius 2 is 1.83 bits per heavy atom. The van der Waals surface area contributed by atoms with Crippen LogP contribution in [0.3, 0.4) is 0 Å². The third-order valence-electron chi connectivity index (χ3n) is 2.91. The Bertz CT molecular complexity index is 582. The predicted molar refractivity (Wildman–Crippen MR) is 68.5 cm³/mol. The van der Waals surface area contributed by atoms with Crippen LogP contribution in [0.4, 0.5) is 8.78 Å². The van der Waals surface area contributed by atoms with Crippen molar-refractivity contribution in [3.8, 4) is 0 Å². The van der Waals surface area contributed by atoms with Gasteiger partial charge in [0, 0.05) is 10.6 Å². The molecule has 0 aliphatic rings. The Morgan fingerprint density at radius 3 is 2.44 bits per heavy atom. The molecule has 4 heteroatoms. The summed E-state index contributed by atoms with van der Waals surface area (Å²) < 4.78 is 27.1. The number of halogens is 3. The molecule has 2 rings (SSSR count). The molecule has 1 atom stereocenters. The topological polar surface area (TPSA) is 26.0 Å². The second-order valence-corrected chi connectivity index (χ2v) is 4.77. The van der Waals surface area contributed by atoms with Gasteiger partial charge in [-0.05, 0) is 36.8 Å². The molecule has 0 saturated heterocycles. The van der Waals surface area contributed by atoms with Gasteiger partial charge in [0.15, 0.2) is 0 Å². The lowest BCUT2D eigenvalue weighted by molar-refractivity contribution is 0.526. The van der Waals surface area contributed by atoms with Crippen LogP contribution in [0.2, 0.25) is 5.02 Å². The fraction of sp³-hybridized carbons (Fsp3) is 0.143. The largest absolute Gasteiger partial charge is 0.318 e. The van der Waals surface area contributed by atoms with Gasteiger partial charge >= 0.3 is 0 Å². The Labute approximate surface area is 109 Å². The SMILES string of the molecule is CC(N)(c1cccc(F)c1)c1ccc(Cl)cc1F. The van der Waals surface area contributed by atoms with Gasteiger partial charge < -0.3 is 5.73 Å². The molecule has 0 aromatic heterocycles. The van der Waals surface area contributed by atoms with Crippen molar-refractivity contribution < 1.29 is 8.78 Å². The van der Waals surface area contributed by atoms with E-state index in [1.165, 1.54) is 24.3 Å². The maximum atomic E-state index is 13.9. The van der Waals surface area contributed by atoms with E-state index in [1.807, 2.05) is 0 Å². The lowest BCUT2D eigenvalue weighted by Gasteiger charge is -2.26. The monoisotopic (exact) mass is 267 g/mol. The van der Waals surface area contributed by atoms with Crippen LogP contribution in [0, 0.1) is 11.6 Å². The number of hydrogen-bond donors (Lipinski definition) is 1. The van der Waals surface area contributed by atoms with Crippen LogP contribution in [0.5, 0.6) is 0 Å². The Morgan fingerprint density at radius 1 is 1.11 bits per heavy atom. The maximum absolute atomic E-state index is 13.9. The molecular weight excluding hydrogens is 256 g/mol. The predicted octanol–water partition coefficient (Wildman–Crippen LogP) is 3.84. The van der Waals surface area contributed by atoms with Gasteiger partial charge in [-0.2, -0.15) is 0 Å². The van der Waals surface area contributed by atoms with Gasteiger partial charge in [0.2, 0.25) is 0 Å². The van der Waals surface area contributed by atoms with Crippen molar-refractivity contribution in [2.75, 3.05) is 0 Å². The van der Waals surface area contributed by atoms with Crippen molar-refractivity contribution in [1.82, 2.24) is 0 Å². The third kappa shape index (κ3) is 2.37. The highest BCUT2D eigenvalue weighted by atomic mass is 35.5. The van der Waals surface area contributed by atoms with Crippen LogP contribution >= 0.6 is 11.6 Å². The molecule has 0 bridgehead atoms. The molecule has 2 aromatic rings. The lowest BCUT2D eigenvalue weighted by atomic mass is 9.85. The molecule has 0 aliphatic carbocycles. The van der Waals surface area contributed by atoms with E-state index in [-0.39, 0.29) is 5.56 Å². The van der Waals surface area contributed by atoms with Crippen molar-refractivity contribution in [2.24, 2.45) is 5.73 Å². The van der Waals surface area contributed by atoms with Crippen LogP contribution in [-0.4, -0.2) is 0 Å². The number of nitrogens with two attached hydrogens (primary N) is 1. The molecule has 0 fully saturated rings. The molecule has 0 saturated carbocycles. The zero-order valence-corrected chi connectivity index (χ0v) is 10.5. The summed E-state index contributed by atoms with van der Waals surface area (Å²) in [5, 5.41) is 0.297. The zero-order chi connectivity index (χ0) is 13.3. The van der Waals surface area contributed by atoms with Crippen molar-refractivity contribution in [3.05, 3.63) is 70.2 Å². The average Bonchev–Trinajstić information content (AvgIpc) is 2.28. The fourth-order valence-corrected chi connectivity index (χ4v) is 2.04. The summed E-state index contributed by atoms with van der Waals surface area (Å²) in [5.41, 5.74) is 5.79. The van der Waals surface area contributed by atoms with Crippen molar-refractivity contribution in [1.29, 1.82) is 0 Å². The minimum atomic E-state index is -1.11. The van der Waals surface area contributed by atoms with Gasteiger partial charge in [0.05, 0.1) is 5.54 Å². The van der Waals surface area contributed by atoms with Crippen LogP contribution in [0.1, 0.15) is 18.1 Å². The molecule has 2 aromatic carbocycles. The number of rotatable bonds is 2. The summed E-state index contributed by atoms with van der Waals surface area (Å²) in [6, 6.07) is 10.1. The first-order chi connectivity index (χ1) is 8.41. The molecule has 0 heterocycles. The van der Waals surface area contributed by atoms with E-state index in [9.17, 15) is 8.78 Å². The normalized spacial score (nSPS) is 14.3. The van der Waals surface area contributed by atoms with E-state index in [0.717, 1.165) is 0 Å². The van der Waals surface area contributed by atoms with E-state index in [1.54, 1.807) is 25.1 Å². The number of hydrogen-bond acceptors (Lipinski definition) is 1. The zero-order valence-electron chi connectivity index (χ0n) is 9.75. The first kappa shape index (κ1) is 13.0. The molecule has 1 unspecified atom stereocenters. The highest BCUT2D eigenvalue weighted by Crippen LogP contribution is 2.30. The molecule has 2 N–H and O–H groups in total. The second-order valence-electron chi connectivity index (χ2n) is 4.34. The van der Waals surface area contributed by atoms with Gasteiger partial charge in [-0.25, -0.2) is 8.78 Å². The van der Waals surface area contributed by atoms with Gasteiger partial charge in [0.25, 0.3) is 0 Å². The summed E-state index contributed by atoms with van der Waals surface area (Å²) in [6.07, 6.45) is 0. The second kappa shape index (κ2) is 4.67. The maximum Gasteiger partial charge on any atom is 0.130 e. The summed E-state index contributed by atoms with van der Waals surface area (Å²) in [6.45, 7) is 1.63. The van der Waals surface area contributed by atoms with Crippen molar-refractivity contribution >= 4 is 11.6 Å². The molecule has 0 aliphatic heterocycles. The quantitative estimate of drug-likeness (QED) is 0.879. The lowest BCUT2D eigenvalue weighted by Crippen LogP contribution is -2.35. The summed E-state index contributed by atoms with van der Waals surface area (Å²) >= 11 is 5.70. The van der Waals surface area contributed by atoms with Crippen LogP contribution < -0.4 is 5.73 Å². The first-order valence-electron chi connectivity index (χ1n) is 5.42. The smallest absolute Gasteiger partial charge is 0.130 e. The Hall–Kier alpha value is -1.45. The van der Waals surface area contributed by atoms with Gasteiger partial charge in [-0.1, -0.05) is 29.8 Å². The molecule has 1 nitrogen and oxygen atoms in total. The van der Waals surface area contributed by atoms with Gasteiger partial charge in [-0.15, -0.1) is 0 Å². The van der Waals surface area contributed by atoms with Gasteiger partial charge in [0.1, 0.15) is 11.6 Å². The van der Waals surface area contributed by atoms with Crippen LogP contribution in [0.15, 0.2) is 42.5 Å². The summed E-state index contributed by atoms with van der Waals surface area (Å²) in [7, 11) is 0.